The maximum Gasteiger partial charge on any atom is 0.416 e. The molecule has 0 bridgehead atoms. The van der Waals surface area contributed by atoms with Crippen molar-refractivity contribution in [3.05, 3.63) is 29.8 Å². The number of carbonyl (C=O) groups excluding carboxylic acids is 3. The average molecular weight is 326 g/mol. The van der Waals surface area contributed by atoms with Crippen molar-refractivity contribution in [2.24, 2.45) is 11.1 Å². The van der Waals surface area contributed by atoms with Crippen LogP contribution < -0.4 is 4.90 Å². The van der Waals surface area contributed by atoms with Gasteiger partial charge in [-0.3, -0.25) is 14.4 Å². The van der Waals surface area contributed by atoms with Gasteiger partial charge in [0.15, 0.2) is 5.78 Å². The Kier molecular flexibility index (Phi) is 3.24. The van der Waals surface area contributed by atoms with Gasteiger partial charge in [-0.2, -0.15) is 13.2 Å². The van der Waals surface area contributed by atoms with E-state index in [-0.39, 0.29) is 11.4 Å². The molecule has 1 saturated heterocycles. The van der Waals surface area contributed by atoms with Gasteiger partial charge in [0.05, 0.1) is 11.3 Å². The van der Waals surface area contributed by atoms with Crippen LogP contribution in [0.5, 0.6) is 0 Å². The number of anilines is 1. The maximum absolute atomic E-state index is 12.8. The number of hydrogen-bond donors (Lipinski definition) is 0. The van der Waals surface area contributed by atoms with Gasteiger partial charge in [0, 0.05) is 6.92 Å². The highest BCUT2D eigenvalue weighted by Gasteiger charge is 2.57. The minimum Gasteiger partial charge on any atom is -0.381 e. The smallest absolute Gasteiger partial charge is 0.381 e. The molecule has 0 saturated carbocycles. The van der Waals surface area contributed by atoms with Crippen molar-refractivity contribution < 1.29 is 32.4 Å². The molecule has 9 heteroatoms. The fourth-order valence-electron chi connectivity index (χ4n) is 2.54. The van der Waals surface area contributed by atoms with Crippen LogP contribution in [0.4, 0.5) is 18.9 Å². The largest absolute Gasteiger partial charge is 0.416 e. The zero-order valence-electron chi connectivity index (χ0n) is 11.6. The van der Waals surface area contributed by atoms with Gasteiger partial charge in [-0.15, -0.1) is 0 Å². The van der Waals surface area contributed by atoms with Crippen LogP contribution in [0.15, 0.2) is 29.4 Å². The van der Waals surface area contributed by atoms with E-state index in [1.165, 1.54) is 6.07 Å². The molecule has 6 nitrogen and oxygen atoms in total. The zero-order valence-corrected chi connectivity index (χ0v) is 11.6. The molecule has 2 amide bonds. The van der Waals surface area contributed by atoms with Gasteiger partial charge in [-0.25, -0.2) is 4.90 Å². The minimum atomic E-state index is -4.61. The standard InChI is InChI=1S/C14H9F3N2O4/c1-6(20)10-9-11(23-18-10)13(22)19(12(9)21)8-4-2-3-7(5-8)14(15,16)17/h2-5,9,11H,1H3/t9-,11+/m0/s1. The Balaban J connectivity index is 2.00. The molecular weight excluding hydrogens is 317 g/mol. The normalized spacial score (nSPS) is 23.7. The molecule has 120 valence electrons. The third-order valence-electron chi connectivity index (χ3n) is 3.60. The molecule has 2 aliphatic rings. The number of oxime groups is 1. The predicted octanol–water partition coefficient (Wildman–Crippen LogP) is 1.54. The van der Waals surface area contributed by atoms with Gasteiger partial charge in [-0.05, 0) is 18.2 Å². The lowest BCUT2D eigenvalue weighted by Gasteiger charge is -2.17. The van der Waals surface area contributed by atoms with E-state index in [0.717, 1.165) is 19.1 Å². The highest BCUT2D eigenvalue weighted by atomic mass is 19.4. The quantitative estimate of drug-likeness (QED) is 0.773. The van der Waals surface area contributed by atoms with E-state index in [1.54, 1.807) is 0 Å². The van der Waals surface area contributed by atoms with Crippen LogP contribution in [0.25, 0.3) is 0 Å². The first-order valence-electron chi connectivity index (χ1n) is 6.51. The summed E-state index contributed by atoms with van der Waals surface area (Å²) in [7, 11) is 0. The molecule has 2 atom stereocenters. The monoisotopic (exact) mass is 326 g/mol. The van der Waals surface area contributed by atoms with Crippen molar-refractivity contribution in [1.29, 1.82) is 0 Å². The van der Waals surface area contributed by atoms with Gasteiger partial charge in [-0.1, -0.05) is 11.2 Å². The predicted molar refractivity (Wildman–Crippen MR) is 70.4 cm³/mol. The fraction of sp³-hybridized carbons (Fsp3) is 0.286. The lowest BCUT2D eigenvalue weighted by atomic mass is 9.97. The van der Waals surface area contributed by atoms with Crippen LogP contribution in [0.3, 0.4) is 0 Å². The third kappa shape index (κ3) is 2.28. The molecule has 1 aromatic carbocycles. The number of carbonyl (C=O) groups is 3. The molecule has 0 aromatic heterocycles. The SMILES string of the molecule is CC(=O)C1=NO[C@H]2C(=O)N(c3cccc(C(F)(F)F)c3)C(=O)[C@@H]12. The first-order valence-corrected chi connectivity index (χ1v) is 6.51. The van der Waals surface area contributed by atoms with Crippen molar-refractivity contribution in [2.45, 2.75) is 19.2 Å². The summed E-state index contributed by atoms with van der Waals surface area (Å²) in [6.07, 6.45) is -5.92. The number of nitrogens with zero attached hydrogens (tertiary/aromatic N) is 2. The van der Waals surface area contributed by atoms with Gasteiger partial charge in [0.2, 0.25) is 12.0 Å². The molecule has 23 heavy (non-hydrogen) atoms. The second-order valence-corrected chi connectivity index (χ2v) is 5.10. The number of amides is 2. The van der Waals surface area contributed by atoms with E-state index in [9.17, 15) is 27.6 Å². The van der Waals surface area contributed by atoms with E-state index in [2.05, 4.69) is 5.16 Å². The number of ketones is 1. The summed E-state index contributed by atoms with van der Waals surface area (Å²) in [5, 5.41) is 3.42. The van der Waals surface area contributed by atoms with Crippen molar-refractivity contribution in [3.8, 4) is 0 Å². The summed E-state index contributed by atoms with van der Waals surface area (Å²) in [6.45, 7) is 1.16. The molecule has 0 N–H and O–H groups in total. The number of fused-ring (bicyclic) bond motifs is 1. The first kappa shape index (κ1) is 15.2. The topological polar surface area (TPSA) is 76.0 Å². The molecule has 0 spiro atoms. The van der Waals surface area contributed by atoms with Crippen LogP contribution >= 0.6 is 0 Å². The second kappa shape index (κ2) is 4.90. The number of benzene rings is 1. The summed E-state index contributed by atoms with van der Waals surface area (Å²) in [5.74, 6) is -3.43. The first-order chi connectivity index (χ1) is 10.7. The molecule has 3 rings (SSSR count). The van der Waals surface area contributed by atoms with E-state index in [4.69, 9.17) is 4.84 Å². The highest BCUT2D eigenvalue weighted by molar-refractivity contribution is 6.47. The Labute approximate surface area is 127 Å². The van der Waals surface area contributed by atoms with Crippen molar-refractivity contribution in [3.63, 3.8) is 0 Å². The summed E-state index contributed by atoms with van der Waals surface area (Å²) in [6, 6.07) is 3.82. The molecule has 0 unspecified atom stereocenters. The molecule has 0 radical (unpaired) electrons. The molecular formula is C14H9F3N2O4. The van der Waals surface area contributed by atoms with Crippen molar-refractivity contribution in [2.75, 3.05) is 4.90 Å². The van der Waals surface area contributed by atoms with Crippen LogP contribution in [-0.4, -0.2) is 29.4 Å². The Morgan fingerprint density at radius 2 is 1.96 bits per heavy atom. The van der Waals surface area contributed by atoms with Gasteiger partial charge >= 0.3 is 6.18 Å². The number of Topliss-reactive ketones (excluding diaryl/α,β-unsaturated/α-hetero) is 1. The number of alkyl halides is 3. The lowest BCUT2D eigenvalue weighted by Crippen LogP contribution is -2.34. The number of halogens is 3. The zero-order chi connectivity index (χ0) is 16.9. The fourth-order valence-corrected chi connectivity index (χ4v) is 2.54. The van der Waals surface area contributed by atoms with E-state index in [1.807, 2.05) is 0 Å². The van der Waals surface area contributed by atoms with Crippen LogP contribution in [-0.2, 0) is 25.4 Å². The summed E-state index contributed by atoms with van der Waals surface area (Å²) in [5.41, 5.74) is -1.42. The van der Waals surface area contributed by atoms with E-state index in [0.29, 0.717) is 11.0 Å². The lowest BCUT2D eigenvalue weighted by molar-refractivity contribution is -0.137. The Morgan fingerprint density at radius 1 is 1.26 bits per heavy atom. The molecule has 1 fully saturated rings. The highest BCUT2D eigenvalue weighted by Crippen LogP contribution is 2.36. The van der Waals surface area contributed by atoms with Crippen molar-refractivity contribution in [1.82, 2.24) is 0 Å². The molecule has 2 heterocycles. The average Bonchev–Trinajstić information content (AvgIpc) is 3.00. The Hall–Kier alpha value is -2.71. The maximum atomic E-state index is 12.8. The number of imide groups is 1. The number of hydrogen-bond acceptors (Lipinski definition) is 5. The molecule has 0 aliphatic carbocycles. The van der Waals surface area contributed by atoms with Crippen LogP contribution in [0.1, 0.15) is 12.5 Å². The summed E-state index contributed by atoms with van der Waals surface area (Å²) < 4.78 is 38.3. The number of rotatable bonds is 2. The summed E-state index contributed by atoms with van der Waals surface area (Å²) >= 11 is 0. The van der Waals surface area contributed by atoms with E-state index >= 15 is 0 Å². The molecule has 2 aliphatic heterocycles. The van der Waals surface area contributed by atoms with Gasteiger partial charge < -0.3 is 4.84 Å². The van der Waals surface area contributed by atoms with Crippen molar-refractivity contribution >= 4 is 29.0 Å². The van der Waals surface area contributed by atoms with E-state index < -0.39 is 41.4 Å². The molecule has 1 aromatic rings. The summed E-state index contributed by atoms with van der Waals surface area (Å²) in [4.78, 5) is 41.5. The van der Waals surface area contributed by atoms with Gasteiger partial charge in [0.25, 0.3) is 5.91 Å². The Morgan fingerprint density at radius 3 is 2.57 bits per heavy atom. The third-order valence-corrected chi connectivity index (χ3v) is 3.60. The second-order valence-electron chi connectivity index (χ2n) is 5.10. The van der Waals surface area contributed by atoms with Crippen LogP contribution in [0, 0.1) is 5.92 Å². The Bertz CT molecular complexity index is 757. The van der Waals surface area contributed by atoms with Gasteiger partial charge in [0.1, 0.15) is 11.6 Å². The minimum absolute atomic E-state index is 0.206. The van der Waals surface area contributed by atoms with Crippen LogP contribution in [0.2, 0.25) is 0 Å².